The first-order valence-corrected chi connectivity index (χ1v) is 8.69. The number of para-hydroxylation sites is 1. The molecule has 1 aromatic carbocycles. The molecule has 2 rings (SSSR count). The van der Waals surface area contributed by atoms with E-state index in [1.165, 1.54) is 14.2 Å². The average Bonchev–Trinajstić information content (AvgIpc) is 3.13. The van der Waals surface area contributed by atoms with E-state index in [-0.39, 0.29) is 18.6 Å². The van der Waals surface area contributed by atoms with Crippen LogP contribution >= 0.6 is 11.3 Å². The molecule has 1 atom stereocenters. The van der Waals surface area contributed by atoms with Crippen LogP contribution < -0.4 is 9.47 Å². The average molecular weight is 349 g/mol. The summed E-state index contributed by atoms with van der Waals surface area (Å²) in [6, 6.07) is 8.91. The molecule has 5 nitrogen and oxygen atoms in total. The van der Waals surface area contributed by atoms with Gasteiger partial charge in [0.15, 0.2) is 11.5 Å². The first kappa shape index (κ1) is 18.3. The second-order valence-corrected chi connectivity index (χ2v) is 6.33. The summed E-state index contributed by atoms with van der Waals surface area (Å²) in [4.78, 5) is 15.9. The lowest BCUT2D eigenvalue weighted by Gasteiger charge is -2.30. The molecule has 0 saturated heterocycles. The molecule has 1 amide bonds. The monoisotopic (exact) mass is 349 g/mol. The minimum atomic E-state index is -0.254. The number of benzene rings is 1. The fourth-order valence-electron chi connectivity index (χ4n) is 2.60. The number of nitrogens with zero attached hydrogens (tertiary/aromatic N) is 1. The SMILES string of the molecule is CCC(CO)N(Cc1cccs1)C(=O)c1cccc(OC)c1OC. The van der Waals surface area contributed by atoms with Gasteiger partial charge in [-0.1, -0.05) is 19.1 Å². The minimum Gasteiger partial charge on any atom is -0.493 e. The van der Waals surface area contributed by atoms with Crippen molar-refractivity contribution < 1.29 is 19.4 Å². The van der Waals surface area contributed by atoms with Gasteiger partial charge in [-0.2, -0.15) is 0 Å². The Morgan fingerprint density at radius 3 is 2.58 bits per heavy atom. The summed E-state index contributed by atoms with van der Waals surface area (Å²) in [6.07, 6.45) is 0.667. The predicted octanol–water partition coefficient (Wildman–Crippen LogP) is 3.18. The van der Waals surface area contributed by atoms with Gasteiger partial charge < -0.3 is 19.5 Å². The third kappa shape index (κ3) is 3.88. The fraction of sp³-hybridized carbons (Fsp3) is 0.389. The van der Waals surface area contributed by atoms with E-state index in [1.807, 2.05) is 24.4 Å². The van der Waals surface area contributed by atoms with Gasteiger partial charge in [-0.3, -0.25) is 4.79 Å². The largest absolute Gasteiger partial charge is 0.493 e. The van der Waals surface area contributed by atoms with Gasteiger partial charge in [0.05, 0.1) is 39.0 Å². The lowest BCUT2D eigenvalue weighted by atomic mass is 10.1. The Kier molecular flexibility index (Phi) is 6.63. The van der Waals surface area contributed by atoms with E-state index in [2.05, 4.69) is 0 Å². The standard InChI is InChI=1S/C18H23NO4S/c1-4-13(12-20)19(11-14-7-6-10-24-14)18(21)15-8-5-9-16(22-2)17(15)23-3/h5-10,13,20H,4,11-12H2,1-3H3. The van der Waals surface area contributed by atoms with E-state index >= 15 is 0 Å². The van der Waals surface area contributed by atoms with Crippen LogP contribution in [0.2, 0.25) is 0 Å². The number of methoxy groups -OCH3 is 2. The summed E-state index contributed by atoms with van der Waals surface area (Å²) in [7, 11) is 3.06. The zero-order valence-electron chi connectivity index (χ0n) is 14.2. The van der Waals surface area contributed by atoms with Gasteiger partial charge in [-0.05, 0) is 30.0 Å². The molecule has 2 aromatic rings. The van der Waals surface area contributed by atoms with Crippen LogP contribution in [0.1, 0.15) is 28.6 Å². The summed E-state index contributed by atoms with van der Waals surface area (Å²) >= 11 is 1.59. The van der Waals surface area contributed by atoms with Crippen molar-refractivity contribution in [1.82, 2.24) is 4.90 Å². The maximum atomic E-state index is 13.2. The number of ether oxygens (including phenoxy) is 2. The first-order valence-electron chi connectivity index (χ1n) is 7.81. The molecule has 0 saturated carbocycles. The molecule has 1 aromatic heterocycles. The van der Waals surface area contributed by atoms with Crippen molar-refractivity contribution in [3.8, 4) is 11.5 Å². The van der Waals surface area contributed by atoms with E-state index in [9.17, 15) is 9.90 Å². The van der Waals surface area contributed by atoms with E-state index in [4.69, 9.17) is 9.47 Å². The lowest BCUT2D eigenvalue weighted by molar-refractivity contribution is 0.0563. The number of rotatable bonds is 8. The second-order valence-electron chi connectivity index (χ2n) is 5.30. The van der Waals surface area contributed by atoms with Crippen LogP contribution in [0.3, 0.4) is 0 Å². The highest BCUT2D eigenvalue weighted by molar-refractivity contribution is 7.09. The highest BCUT2D eigenvalue weighted by Crippen LogP contribution is 2.32. The Hall–Kier alpha value is -2.05. The molecule has 1 unspecified atom stereocenters. The zero-order chi connectivity index (χ0) is 17.5. The molecule has 130 valence electrons. The van der Waals surface area contributed by atoms with Gasteiger partial charge in [0.1, 0.15) is 0 Å². The minimum absolute atomic E-state index is 0.0834. The molecule has 0 bridgehead atoms. The summed E-state index contributed by atoms with van der Waals surface area (Å²) < 4.78 is 10.7. The molecule has 1 N–H and O–H groups in total. The van der Waals surface area contributed by atoms with Crippen LogP contribution in [0.15, 0.2) is 35.7 Å². The number of aliphatic hydroxyl groups is 1. The van der Waals surface area contributed by atoms with Crippen LogP contribution in [0.4, 0.5) is 0 Å². The molecule has 0 aliphatic heterocycles. The van der Waals surface area contributed by atoms with Crippen molar-refractivity contribution >= 4 is 17.2 Å². The van der Waals surface area contributed by atoms with Gasteiger partial charge in [0.25, 0.3) is 5.91 Å². The highest BCUT2D eigenvalue weighted by Gasteiger charge is 2.27. The van der Waals surface area contributed by atoms with Crippen LogP contribution in [-0.2, 0) is 6.54 Å². The smallest absolute Gasteiger partial charge is 0.258 e. The molecule has 1 heterocycles. The third-order valence-corrected chi connectivity index (χ3v) is 4.78. The number of carbonyl (C=O) groups is 1. The number of hydrogen-bond acceptors (Lipinski definition) is 5. The fourth-order valence-corrected chi connectivity index (χ4v) is 3.30. The molecular weight excluding hydrogens is 326 g/mol. The Morgan fingerprint density at radius 1 is 1.25 bits per heavy atom. The van der Waals surface area contributed by atoms with Crippen LogP contribution in [0.25, 0.3) is 0 Å². The molecule has 24 heavy (non-hydrogen) atoms. The number of carbonyl (C=O) groups excluding carboxylic acids is 1. The third-order valence-electron chi connectivity index (χ3n) is 3.92. The molecule has 0 aliphatic carbocycles. The Morgan fingerprint density at radius 2 is 2.04 bits per heavy atom. The van der Waals surface area contributed by atoms with Crippen molar-refractivity contribution in [3.63, 3.8) is 0 Å². The topological polar surface area (TPSA) is 59.0 Å². The van der Waals surface area contributed by atoms with E-state index < -0.39 is 0 Å². The maximum Gasteiger partial charge on any atom is 0.258 e. The van der Waals surface area contributed by atoms with Gasteiger partial charge in [-0.25, -0.2) is 0 Å². The van der Waals surface area contributed by atoms with Crippen molar-refractivity contribution in [2.75, 3.05) is 20.8 Å². The van der Waals surface area contributed by atoms with Crippen molar-refractivity contribution in [2.45, 2.75) is 25.9 Å². The number of hydrogen-bond donors (Lipinski definition) is 1. The highest BCUT2D eigenvalue weighted by atomic mass is 32.1. The van der Waals surface area contributed by atoms with Crippen molar-refractivity contribution in [3.05, 3.63) is 46.2 Å². The second kappa shape index (κ2) is 8.70. The molecule has 0 radical (unpaired) electrons. The first-order chi connectivity index (χ1) is 11.7. The summed E-state index contributed by atoms with van der Waals surface area (Å²) in [6.45, 7) is 2.33. The molecule has 0 spiro atoms. The van der Waals surface area contributed by atoms with Gasteiger partial charge in [0, 0.05) is 4.88 Å². The number of aliphatic hydroxyl groups excluding tert-OH is 1. The normalized spacial score (nSPS) is 11.8. The number of amides is 1. The summed E-state index contributed by atoms with van der Waals surface area (Å²) in [5, 5.41) is 11.7. The molecular formula is C18H23NO4S. The van der Waals surface area contributed by atoms with E-state index in [0.717, 1.165) is 4.88 Å². The Bertz CT molecular complexity index is 653. The van der Waals surface area contributed by atoms with Gasteiger partial charge >= 0.3 is 0 Å². The van der Waals surface area contributed by atoms with Crippen molar-refractivity contribution in [1.29, 1.82) is 0 Å². The molecule has 0 fully saturated rings. The van der Waals surface area contributed by atoms with Crippen LogP contribution in [0, 0.1) is 0 Å². The zero-order valence-corrected chi connectivity index (χ0v) is 15.0. The lowest BCUT2D eigenvalue weighted by Crippen LogP contribution is -2.41. The van der Waals surface area contributed by atoms with Crippen molar-refractivity contribution in [2.24, 2.45) is 0 Å². The van der Waals surface area contributed by atoms with Gasteiger partial charge in [-0.15, -0.1) is 11.3 Å². The maximum absolute atomic E-state index is 13.2. The van der Waals surface area contributed by atoms with E-state index in [1.54, 1.807) is 34.4 Å². The number of thiophene rings is 1. The van der Waals surface area contributed by atoms with Crippen LogP contribution in [0.5, 0.6) is 11.5 Å². The van der Waals surface area contributed by atoms with E-state index in [0.29, 0.717) is 30.0 Å². The Labute approximate surface area is 146 Å². The summed E-state index contributed by atoms with van der Waals surface area (Å²) in [5.41, 5.74) is 0.431. The summed E-state index contributed by atoms with van der Waals surface area (Å²) in [5.74, 6) is 0.741. The van der Waals surface area contributed by atoms with Gasteiger partial charge in [0.2, 0.25) is 0 Å². The van der Waals surface area contributed by atoms with Crippen LogP contribution in [-0.4, -0.2) is 42.8 Å². The quantitative estimate of drug-likeness (QED) is 0.795. The predicted molar refractivity (Wildman–Crippen MR) is 94.9 cm³/mol. The molecule has 0 aliphatic rings. The molecule has 6 heteroatoms. The Balaban J connectivity index is 2.40.